The second kappa shape index (κ2) is 5.62. The fourth-order valence-corrected chi connectivity index (χ4v) is 2.57. The van der Waals surface area contributed by atoms with E-state index < -0.39 is 0 Å². The summed E-state index contributed by atoms with van der Waals surface area (Å²) >= 11 is 6.86. The molecule has 7 heteroatoms. The number of aromatic nitrogens is 4. The van der Waals surface area contributed by atoms with Crippen LogP contribution < -0.4 is 4.90 Å². The van der Waals surface area contributed by atoms with Gasteiger partial charge in [0, 0.05) is 26.0 Å². The molecule has 0 radical (unpaired) electrons. The minimum Gasteiger partial charge on any atom is -0.354 e. The largest absolute Gasteiger partial charge is 0.354 e. The lowest BCUT2D eigenvalue weighted by Gasteiger charge is -2.06. The lowest BCUT2D eigenvalue weighted by molar-refractivity contribution is 0.628. The van der Waals surface area contributed by atoms with Gasteiger partial charge in [0.15, 0.2) is 15.7 Å². The normalized spacial score (nSPS) is 10.8. The van der Waals surface area contributed by atoms with Crippen molar-refractivity contribution in [3.05, 3.63) is 10.2 Å². The van der Waals surface area contributed by atoms with Crippen molar-refractivity contribution in [2.75, 3.05) is 19.0 Å². The third kappa shape index (κ3) is 2.62. The van der Waals surface area contributed by atoms with Crippen LogP contribution in [0.1, 0.15) is 19.8 Å². The number of hydrogen-bond donors (Lipinski definition) is 1. The van der Waals surface area contributed by atoms with Crippen LogP contribution in [-0.4, -0.2) is 33.8 Å². The van der Waals surface area contributed by atoms with E-state index in [1.165, 1.54) is 0 Å². The quantitative estimate of drug-likeness (QED) is 0.857. The predicted molar refractivity (Wildman–Crippen MR) is 77.8 cm³/mol. The number of nitrogens with zero attached hydrogens (tertiary/aromatic N) is 4. The second-order valence-corrected chi connectivity index (χ2v) is 5.49. The summed E-state index contributed by atoms with van der Waals surface area (Å²) in [6.07, 6.45) is 2.22. The van der Waals surface area contributed by atoms with Crippen molar-refractivity contribution in [2.24, 2.45) is 0 Å². The van der Waals surface area contributed by atoms with Crippen LogP contribution in [0, 0.1) is 4.77 Å². The van der Waals surface area contributed by atoms with Crippen molar-refractivity contribution in [3.8, 4) is 11.5 Å². The molecule has 98 valence electrons. The third-order valence-corrected chi connectivity index (χ3v) is 3.92. The number of nitrogens with one attached hydrogen (secondary N) is 1. The van der Waals surface area contributed by atoms with Crippen molar-refractivity contribution in [1.29, 1.82) is 0 Å². The van der Waals surface area contributed by atoms with Gasteiger partial charge in [-0.15, -0.1) is 11.3 Å². The van der Waals surface area contributed by atoms with E-state index in [1.807, 2.05) is 28.9 Å². The Kier molecular flexibility index (Phi) is 4.13. The lowest BCUT2D eigenvalue weighted by atomic mass is 10.3. The first-order chi connectivity index (χ1) is 8.63. The molecule has 0 saturated carbocycles. The van der Waals surface area contributed by atoms with Crippen molar-refractivity contribution >= 4 is 28.7 Å². The summed E-state index contributed by atoms with van der Waals surface area (Å²) in [5, 5.41) is 10.1. The summed E-state index contributed by atoms with van der Waals surface area (Å²) in [6.45, 7) is 3.05. The maximum atomic E-state index is 5.25. The van der Waals surface area contributed by atoms with Crippen LogP contribution in [0.3, 0.4) is 0 Å². The molecular formula is C11H17N5S2. The SMILES string of the molecule is CCCCn1c(-c2csc(N(C)C)n2)n[nH]c1=S. The van der Waals surface area contributed by atoms with Gasteiger partial charge in [0.1, 0.15) is 5.69 Å². The molecule has 0 aliphatic carbocycles. The van der Waals surface area contributed by atoms with E-state index in [9.17, 15) is 0 Å². The number of thiazole rings is 1. The van der Waals surface area contributed by atoms with E-state index in [0.29, 0.717) is 4.77 Å². The van der Waals surface area contributed by atoms with Gasteiger partial charge in [-0.3, -0.25) is 9.67 Å². The van der Waals surface area contributed by atoms with Gasteiger partial charge in [-0.2, -0.15) is 5.10 Å². The van der Waals surface area contributed by atoms with Gasteiger partial charge >= 0.3 is 0 Å². The fraction of sp³-hybridized carbons (Fsp3) is 0.545. The molecule has 0 saturated heterocycles. The molecule has 1 N–H and O–H groups in total. The predicted octanol–water partition coefficient (Wildman–Crippen LogP) is 2.93. The minimum atomic E-state index is 0.665. The van der Waals surface area contributed by atoms with Gasteiger partial charge in [0.2, 0.25) is 0 Å². The van der Waals surface area contributed by atoms with E-state index in [4.69, 9.17) is 12.2 Å². The molecule has 0 aromatic carbocycles. The number of H-pyrrole nitrogens is 1. The van der Waals surface area contributed by atoms with Gasteiger partial charge in [0.25, 0.3) is 0 Å². The van der Waals surface area contributed by atoms with E-state index in [0.717, 1.165) is 36.0 Å². The third-order valence-electron chi connectivity index (χ3n) is 2.60. The van der Waals surface area contributed by atoms with Crippen LogP contribution in [0.15, 0.2) is 5.38 Å². The average Bonchev–Trinajstić information content (AvgIpc) is 2.93. The van der Waals surface area contributed by atoms with E-state index >= 15 is 0 Å². The molecule has 0 aliphatic heterocycles. The maximum Gasteiger partial charge on any atom is 0.195 e. The van der Waals surface area contributed by atoms with Crippen LogP contribution in [0.4, 0.5) is 5.13 Å². The minimum absolute atomic E-state index is 0.665. The first-order valence-electron chi connectivity index (χ1n) is 5.92. The highest BCUT2D eigenvalue weighted by molar-refractivity contribution is 7.71. The summed E-state index contributed by atoms with van der Waals surface area (Å²) < 4.78 is 2.69. The topological polar surface area (TPSA) is 49.7 Å². The van der Waals surface area contributed by atoms with Crippen LogP contribution in [0.2, 0.25) is 0 Å². The first-order valence-corrected chi connectivity index (χ1v) is 7.20. The molecule has 2 rings (SSSR count). The van der Waals surface area contributed by atoms with Crippen molar-refractivity contribution in [3.63, 3.8) is 0 Å². The number of rotatable bonds is 5. The molecule has 0 bridgehead atoms. The summed E-state index contributed by atoms with van der Waals surface area (Å²) in [4.78, 5) is 6.55. The van der Waals surface area contributed by atoms with Gasteiger partial charge in [-0.05, 0) is 18.6 Å². The molecule has 0 spiro atoms. The zero-order chi connectivity index (χ0) is 13.1. The van der Waals surface area contributed by atoms with Crippen molar-refractivity contribution < 1.29 is 0 Å². The Morgan fingerprint density at radius 1 is 1.50 bits per heavy atom. The second-order valence-electron chi connectivity index (χ2n) is 4.27. The van der Waals surface area contributed by atoms with Crippen molar-refractivity contribution in [2.45, 2.75) is 26.3 Å². The molecule has 5 nitrogen and oxygen atoms in total. The molecule has 2 heterocycles. The highest BCUT2D eigenvalue weighted by atomic mass is 32.1. The summed E-state index contributed by atoms with van der Waals surface area (Å²) in [5.74, 6) is 0.831. The van der Waals surface area contributed by atoms with Gasteiger partial charge in [-0.25, -0.2) is 4.98 Å². The number of hydrogen-bond acceptors (Lipinski definition) is 5. The molecule has 2 aromatic rings. The Labute approximate surface area is 115 Å². The van der Waals surface area contributed by atoms with Crippen LogP contribution in [0.25, 0.3) is 11.5 Å². The average molecular weight is 283 g/mol. The Bertz CT molecular complexity index is 566. The molecular weight excluding hydrogens is 266 g/mol. The Morgan fingerprint density at radius 3 is 2.89 bits per heavy atom. The maximum absolute atomic E-state index is 5.25. The first kappa shape index (κ1) is 13.2. The standard InChI is InChI=1S/C11H17N5S2/c1-4-5-6-16-9(13-14-10(16)17)8-7-18-11(12-8)15(2)3/h7H,4-6H2,1-3H3,(H,14,17). The zero-order valence-electron chi connectivity index (χ0n) is 10.8. The molecule has 0 atom stereocenters. The number of unbranched alkanes of at least 4 members (excludes halogenated alkanes) is 1. The van der Waals surface area contributed by atoms with E-state index in [1.54, 1.807) is 11.3 Å². The highest BCUT2D eigenvalue weighted by Gasteiger charge is 2.12. The van der Waals surface area contributed by atoms with Crippen LogP contribution >= 0.6 is 23.6 Å². The zero-order valence-corrected chi connectivity index (χ0v) is 12.4. The Hall–Kier alpha value is -1.21. The molecule has 0 aliphatic rings. The summed E-state index contributed by atoms with van der Waals surface area (Å²) in [7, 11) is 3.97. The smallest absolute Gasteiger partial charge is 0.195 e. The fourth-order valence-electron chi connectivity index (χ4n) is 1.61. The molecule has 0 unspecified atom stereocenters. The van der Waals surface area contributed by atoms with Gasteiger partial charge in [-0.1, -0.05) is 13.3 Å². The summed E-state index contributed by atoms with van der Waals surface area (Å²) in [6, 6.07) is 0. The summed E-state index contributed by atoms with van der Waals surface area (Å²) in [5.41, 5.74) is 0.882. The van der Waals surface area contributed by atoms with Gasteiger partial charge < -0.3 is 4.90 Å². The molecule has 0 amide bonds. The number of anilines is 1. The number of aromatic amines is 1. The molecule has 18 heavy (non-hydrogen) atoms. The van der Waals surface area contributed by atoms with E-state index in [2.05, 4.69) is 22.1 Å². The molecule has 2 aromatic heterocycles. The highest BCUT2D eigenvalue weighted by Crippen LogP contribution is 2.25. The molecule has 0 fully saturated rings. The Balaban J connectivity index is 2.34. The van der Waals surface area contributed by atoms with E-state index in [-0.39, 0.29) is 0 Å². The monoisotopic (exact) mass is 283 g/mol. The van der Waals surface area contributed by atoms with Crippen LogP contribution in [0.5, 0.6) is 0 Å². The van der Waals surface area contributed by atoms with Gasteiger partial charge in [0.05, 0.1) is 0 Å². The lowest BCUT2D eigenvalue weighted by Crippen LogP contribution is -2.08. The van der Waals surface area contributed by atoms with Crippen LogP contribution in [-0.2, 0) is 6.54 Å². The Morgan fingerprint density at radius 2 is 2.28 bits per heavy atom. The van der Waals surface area contributed by atoms with Crippen molar-refractivity contribution in [1.82, 2.24) is 19.7 Å².